The lowest BCUT2D eigenvalue weighted by Crippen LogP contribution is -2.38. The summed E-state index contributed by atoms with van der Waals surface area (Å²) in [5.74, 6) is 6.07. The third kappa shape index (κ3) is 31.4. The number of hydrogen-bond acceptors (Lipinski definition) is 12. The maximum atomic E-state index is 6.55. The van der Waals surface area contributed by atoms with Gasteiger partial charge in [-0.3, -0.25) is 0 Å². The highest BCUT2D eigenvalue weighted by molar-refractivity contribution is 6.31. The van der Waals surface area contributed by atoms with Gasteiger partial charge in [-0.15, -0.1) is 0 Å². The number of likely N-dealkylation sites (tertiary alicyclic amines) is 4. The molecule has 0 aromatic heterocycles. The maximum absolute atomic E-state index is 6.55. The molecule has 4 fully saturated rings. The van der Waals surface area contributed by atoms with Gasteiger partial charge < -0.3 is 57.5 Å². The van der Waals surface area contributed by atoms with Gasteiger partial charge in [0.1, 0.15) is 47.4 Å². The molecule has 0 N–H and O–H groups in total. The molecule has 666 valence electrons. The standard InChI is InChI=1S/C28H31Cl2NO2.C28H32ClNO2.2C28H33NO2/c1-32-27-12-2-21(3-13-27)14-17-31-18-15-22(16-19-31)20-33-28(23-4-8-25(29)9-5-23)24-6-10-26(30)11-7-24;1-31-27-13-7-22(8-14-27)15-18-30-19-16-23(17-20-30)21-32-28(24-5-3-2-4-6-24)25-9-11-26(29)12-10-25;1-30-27-16-14-23(15-17-27)18-20-29-19-8-9-24(21-29)22-31-28(25-10-4-2-5-11-25)26-12-6-3-7-13-26;1-30-27-14-12-23(13-15-27)16-19-29-20-17-24(18-21-29)22-31-28(25-8-4-2-5-9-25)26-10-6-3-7-11-26/h2-13,22,28H,14-20H2,1H3;2-14,23,28H,15-21H2,1H3;2-7,10-17,24,28H,8-9,18-22H2,1H3;2-15,24,28H,16-22H2,1H3. The average Bonchev–Trinajstić information content (AvgIpc) is 0.833. The molecule has 4 saturated heterocycles. The normalized spacial score (nSPS) is 15.9. The molecule has 2 atom stereocenters. The van der Waals surface area contributed by atoms with Gasteiger partial charge in [0.05, 0.1) is 54.9 Å². The highest BCUT2D eigenvalue weighted by Crippen LogP contribution is 2.36. The molecule has 4 aliphatic heterocycles. The number of piperidine rings is 4. The van der Waals surface area contributed by atoms with Crippen molar-refractivity contribution in [1.29, 1.82) is 0 Å². The summed E-state index contributed by atoms with van der Waals surface area (Å²) in [6, 6.07) is 110. The van der Waals surface area contributed by atoms with Crippen LogP contribution < -0.4 is 18.9 Å². The first-order chi connectivity index (χ1) is 62.4. The molecule has 0 aliphatic carbocycles. The molecule has 0 radical (unpaired) electrons. The summed E-state index contributed by atoms with van der Waals surface area (Å²) in [5, 5.41) is 2.22. The Morgan fingerprint density at radius 2 is 0.449 bits per heavy atom. The molecule has 12 aromatic carbocycles. The van der Waals surface area contributed by atoms with E-state index < -0.39 is 0 Å². The fraction of sp³-hybridized carbons (Fsp3) is 0.357. The van der Waals surface area contributed by atoms with Gasteiger partial charge in [-0.05, 0) is 298 Å². The molecule has 2 unspecified atom stereocenters. The number of halogens is 3. The SMILES string of the molecule is COc1ccc(CCN2CCC(COC(c3ccc(Cl)cc3)c3ccc(Cl)cc3)CC2)cc1.COc1ccc(CCN2CCC(COC(c3ccccc3)c3ccc(Cl)cc3)CC2)cc1.COc1ccc(CCN2CCC(COC(c3ccccc3)c3ccccc3)CC2)cc1.COc1ccc(CCN2CCCC(COC(c3ccccc3)c3ccccc3)C2)cc1. The van der Waals surface area contributed by atoms with E-state index >= 15 is 0 Å². The molecule has 12 nitrogen and oxygen atoms in total. The van der Waals surface area contributed by atoms with Crippen LogP contribution in [0.5, 0.6) is 23.0 Å². The van der Waals surface area contributed by atoms with Crippen LogP contribution in [0.3, 0.4) is 0 Å². The molecular formula is C112H129Cl3N4O8. The van der Waals surface area contributed by atoms with Crippen molar-refractivity contribution in [3.05, 3.63) is 403 Å². The number of hydrogen-bond donors (Lipinski definition) is 0. The predicted molar refractivity (Wildman–Crippen MR) is 521 cm³/mol. The van der Waals surface area contributed by atoms with E-state index in [0.29, 0.717) is 23.7 Å². The zero-order valence-corrected chi connectivity index (χ0v) is 77.0. The third-order valence-corrected chi connectivity index (χ3v) is 26.0. The first-order valence-corrected chi connectivity index (χ1v) is 47.0. The minimum atomic E-state index is -0.118. The molecule has 4 heterocycles. The van der Waals surface area contributed by atoms with Gasteiger partial charge in [0.2, 0.25) is 0 Å². The summed E-state index contributed by atoms with van der Waals surface area (Å²) >= 11 is 18.3. The van der Waals surface area contributed by atoms with Gasteiger partial charge in [0.25, 0.3) is 0 Å². The summed E-state index contributed by atoms with van der Waals surface area (Å²) in [6.07, 6.45) is 13.8. The number of rotatable bonds is 36. The Labute approximate surface area is 772 Å². The molecule has 0 saturated carbocycles. The Hall–Kier alpha value is -9.61. The van der Waals surface area contributed by atoms with Crippen molar-refractivity contribution in [2.75, 3.05) is 133 Å². The topological polar surface area (TPSA) is 86.8 Å². The zero-order valence-electron chi connectivity index (χ0n) is 74.7. The highest BCUT2D eigenvalue weighted by Gasteiger charge is 2.28. The van der Waals surface area contributed by atoms with Gasteiger partial charge in [-0.25, -0.2) is 0 Å². The van der Waals surface area contributed by atoms with Crippen molar-refractivity contribution in [2.45, 2.75) is 101 Å². The minimum Gasteiger partial charge on any atom is -0.497 e. The lowest BCUT2D eigenvalue weighted by Gasteiger charge is -2.33. The molecule has 15 heteroatoms. The van der Waals surface area contributed by atoms with E-state index in [1.807, 2.05) is 91.0 Å². The van der Waals surface area contributed by atoms with Crippen LogP contribution in [-0.2, 0) is 44.6 Å². The maximum Gasteiger partial charge on any atom is 0.118 e. The van der Waals surface area contributed by atoms with Crippen molar-refractivity contribution >= 4 is 34.8 Å². The minimum absolute atomic E-state index is 0.00271. The summed E-state index contributed by atoms with van der Waals surface area (Å²) in [7, 11) is 6.84. The van der Waals surface area contributed by atoms with Crippen molar-refractivity contribution in [2.24, 2.45) is 23.7 Å². The van der Waals surface area contributed by atoms with Crippen molar-refractivity contribution in [3.63, 3.8) is 0 Å². The zero-order chi connectivity index (χ0) is 87.8. The summed E-state index contributed by atoms with van der Waals surface area (Å²) in [5.41, 5.74) is 14.9. The van der Waals surface area contributed by atoms with E-state index in [9.17, 15) is 0 Å². The van der Waals surface area contributed by atoms with E-state index in [2.05, 4.69) is 250 Å². The van der Waals surface area contributed by atoms with Gasteiger partial charge in [-0.2, -0.15) is 0 Å². The largest absolute Gasteiger partial charge is 0.497 e. The Morgan fingerprint density at radius 3 is 0.677 bits per heavy atom. The Balaban J connectivity index is 0.000000145. The van der Waals surface area contributed by atoms with E-state index in [0.717, 1.165) is 192 Å². The van der Waals surface area contributed by atoms with Crippen molar-refractivity contribution in [1.82, 2.24) is 19.6 Å². The molecule has 12 aromatic rings. The predicted octanol–water partition coefficient (Wildman–Crippen LogP) is 25.0. The second-order valence-electron chi connectivity index (χ2n) is 34.1. The Bertz CT molecular complexity index is 4850. The van der Waals surface area contributed by atoms with E-state index in [4.69, 9.17) is 72.7 Å². The second-order valence-corrected chi connectivity index (χ2v) is 35.4. The monoisotopic (exact) mass is 1760 g/mol. The van der Waals surface area contributed by atoms with Crippen LogP contribution in [0.15, 0.2) is 322 Å². The first kappa shape index (κ1) is 95.0. The fourth-order valence-electron chi connectivity index (χ4n) is 17.5. The van der Waals surface area contributed by atoms with E-state index in [1.165, 1.54) is 95.1 Å². The number of nitrogens with zero attached hydrogens (tertiary/aromatic N) is 4. The molecule has 0 amide bonds. The third-order valence-electron chi connectivity index (χ3n) is 25.3. The Kier molecular flexibility index (Phi) is 39.0. The number of methoxy groups -OCH3 is 4. The summed E-state index contributed by atoms with van der Waals surface area (Å²) in [6.45, 7) is 16.7. The smallest absolute Gasteiger partial charge is 0.118 e. The van der Waals surface area contributed by atoms with Crippen LogP contribution in [0.25, 0.3) is 0 Å². The van der Waals surface area contributed by atoms with Crippen LogP contribution in [-0.4, -0.2) is 153 Å². The van der Waals surface area contributed by atoms with Gasteiger partial charge in [0, 0.05) is 47.8 Å². The summed E-state index contributed by atoms with van der Waals surface area (Å²) < 4.78 is 47.1. The Morgan fingerprint density at radius 1 is 0.236 bits per heavy atom. The van der Waals surface area contributed by atoms with E-state index in [-0.39, 0.29) is 24.4 Å². The van der Waals surface area contributed by atoms with Crippen LogP contribution in [0.4, 0.5) is 0 Å². The van der Waals surface area contributed by atoms with Crippen LogP contribution in [0.2, 0.25) is 15.1 Å². The van der Waals surface area contributed by atoms with Crippen LogP contribution >= 0.6 is 34.8 Å². The lowest BCUT2D eigenvalue weighted by molar-refractivity contribution is 0.0266. The van der Waals surface area contributed by atoms with Gasteiger partial charge in [0.15, 0.2) is 0 Å². The molecule has 16 rings (SSSR count). The van der Waals surface area contributed by atoms with Crippen molar-refractivity contribution < 1.29 is 37.9 Å². The highest BCUT2D eigenvalue weighted by atomic mass is 35.5. The van der Waals surface area contributed by atoms with Gasteiger partial charge >= 0.3 is 0 Å². The van der Waals surface area contributed by atoms with Gasteiger partial charge in [-0.1, -0.05) is 271 Å². The fourth-order valence-corrected chi connectivity index (χ4v) is 17.8. The number of ether oxygens (including phenoxy) is 8. The average molecular weight is 1770 g/mol. The molecular weight excluding hydrogens is 1640 g/mol. The van der Waals surface area contributed by atoms with E-state index in [1.54, 1.807) is 28.4 Å². The first-order valence-electron chi connectivity index (χ1n) is 45.8. The molecule has 0 bridgehead atoms. The molecule has 127 heavy (non-hydrogen) atoms. The lowest BCUT2D eigenvalue weighted by atomic mass is 9.96. The van der Waals surface area contributed by atoms with Crippen LogP contribution in [0, 0.1) is 23.7 Å². The second kappa shape index (κ2) is 52.1. The summed E-state index contributed by atoms with van der Waals surface area (Å²) in [4.78, 5) is 10.3. The van der Waals surface area contributed by atoms with Crippen molar-refractivity contribution in [3.8, 4) is 23.0 Å². The quantitative estimate of drug-likeness (QED) is 0.0375. The molecule has 4 aliphatic rings. The molecule has 0 spiro atoms. The van der Waals surface area contributed by atoms with Crippen LogP contribution in [0.1, 0.15) is 143 Å². The number of benzene rings is 12.